The summed E-state index contributed by atoms with van der Waals surface area (Å²) in [7, 11) is -4.06. The van der Waals surface area contributed by atoms with Crippen LogP contribution in [-0.4, -0.2) is 27.1 Å². The van der Waals surface area contributed by atoms with Gasteiger partial charge in [-0.15, -0.1) is 0 Å². The molecule has 0 atom stereocenters. The Kier molecular flexibility index (Phi) is 6.70. The van der Waals surface area contributed by atoms with Gasteiger partial charge in [-0.3, -0.25) is 9.10 Å². The van der Waals surface area contributed by atoms with E-state index >= 15 is 0 Å². The number of nitrogens with one attached hydrogen (secondary N) is 1. The number of nitrogens with zero attached hydrogens (tertiary/aromatic N) is 1. The van der Waals surface area contributed by atoms with E-state index in [1.165, 1.54) is 6.07 Å². The van der Waals surface area contributed by atoms with Gasteiger partial charge in [0.2, 0.25) is 15.9 Å². The fourth-order valence-electron chi connectivity index (χ4n) is 3.83. The van der Waals surface area contributed by atoms with Crippen LogP contribution in [0.4, 0.5) is 24.5 Å². The van der Waals surface area contributed by atoms with E-state index < -0.39 is 33.4 Å². The Labute approximate surface area is 204 Å². The molecule has 0 bridgehead atoms. The van der Waals surface area contributed by atoms with Crippen molar-refractivity contribution in [3.8, 4) is 0 Å². The van der Waals surface area contributed by atoms with Crippen LogP contribution in [0.15, 0.2) is 65.1 Å². The molecule has 0 fully saturated rings. The first kappa shape index (κ1) is 24.9. The molecule has 0 radical (unpaired) electrons. The quantitative estimate of drug-likeness (QED) is 0.301. The third kappa shape index (κ3) is 5.54. The number of carbonyl (C=O) groups excluding carboxylic acids is 1. The number of carbonyl (C=O) groups is 1. The summed E-state index contributed by atoms with van der Waals surface area (Å²) in [6, 6.07) is 15.6. The summed E-state index contributed by atoms with van der Waals surface area (Å²) in [5.41, 5.74) is 0.0830. The van der Waals surface area contributed by atoms with Crippen molar-refractivity contribution in [3.05, 3.63) is 71.2 Å². The van der Waals surface area contributed by atoms with E-state index in [0.717, 1.165) is 23.1 Å². The van der Waals surface area contributed by atoms with E-state index in [1.54, 1.807) is 12.1 Å². The van der Waals surface area contributed by atoms with E-state index in [1.807, 2.05) is 30.3 Å². The maximum atomic E-state index is 13.5. The smallest absolute Gasteiger partial charge is 0.418 e. The number of amides is 1. The fourth-order valence-corrected chi connectivity index (χ4v) is 4.98. The van der Waals surface area contributed by atoms with Gasteiger partial charge in [0.15, 0.2) is 0 Å². The van der Waals surface area contributed by atoms with Gasteiger partial charge in [0.05, 0.1) is 17.5 Å². The van der Waals surface area contributed by atoms with Crippen molar-refractivity contribution in [3.63, 3.8) is 0 Å². The standard InChI is InChI=1S/C24H20ClF3N2O4S/c1-35(32,33)30(20-11-8-15(25)13-19(20)24(26,27)28)12-4-7-23(31)29-16-9-10-18-17-5-2-3-6-21(17)34-22(18)14-16/h2-3,5-6,8-11,13-14H,4,7,12H2,1H3,(H,29,31). The lowest BCUT2D eigenvalue weighted by Crippen LogP contribution is -2.33. The molecule has 35 heavy (non-hydrogen) atoms. The van der Waals surface area contributed by atoms with E-state index in [2.05, 4.69) is 5.32 Å². The molecule has 4 aromatic rings. The summed E-state index contributed by atoms with van der Waals surface area (Å²) in [6.45, 7) is -0.320. The molecule has 0 saturated carbocycles. The average molecular weight is 525 g/mol. The number of sulfonamides is 1. The minimum absolute atomic E-state index is 0.00823. The van der Waals surface area contributed by atoms with Gasteiger partial charge in [-0.25, -0.2) is 8.42 Å². The monoisotopic (exact) mass is 524 g/mol. The average Bonchev–Trinajstić information content (AvgIpc) is 3.13. The number of anilines is 2. The van der Waals surface area contributed by atoms with E-state index in [4.69, 9.17) is 16.0 Å². The first-order chi connectivity index (χ1) is 16.4. The summed E-state index contributed by atoms with van der Waals surface area (Å²) in [6.07, 6.45) is -4.12. The zero-order valence-corrected chi connectivity index (χ0v) is 20.0. The third-order valence-corrected chi connectivity index (χ3v) is 6.78. The van der Waals surface area contributed by atoms with E-state index in [0.29, 0.717) is 27.2 Å². The highest BCUT2D eigenvalue weighted by Gasteiger charge is 2.36. The molecule has 0 saturated heterocycles. The molecule has 0 spiro atoms. The number of rotatable bonds is 7. The van der Waals surface area contributed by atoms with Crippen molar-refractivity contribution >= 4 is 60.8 Å². The van der Waals surface area contributed by atoms with Crippen LogP contribution >= 0.6 is 11.6 Å². The number of furan rings is 1. The van der Waals surface area contributed by atoms with Crippen LogP contribution in [0.3, 0.4) is 0 Å². The Hall–Kier alpha value is -3.24. The normalized spacial score (nSPS) is 12.3. The molecule has 6 nitrogen and oxygen atoms in total. The molecule has 0 unspecified atom stereocenters. The number of benzene rings is 3. The molecule has 1 heterocycles. The molecule has 3 aromatic carbocycles. The fraction of sp³-hybridized carbons (Fsp3) is 0.208. The predicted octanol–water partition coefficient (Wildman–Crippen LogP) is 6.44. The van der Waals surface area contributed by atoms with Gasteiger partial charge in [-0.2, -0.15) is 13.2 Å². The first-order valence-electron chi connectivity index (χ1n) is 10.5. The van der Waals surface area contributed by atoms with Crippen LogP contribution in [0, 0.1) is 0 Å². The summed E-state index contributed by atoms with van der Waals surface area (Å²) >= 11 is 5.70. The molecular weight excluding hydrogens is 505 g/mol. The Balaban J connectivity index is 1.46. The lowest BCUT2D eigenvalue weighted by molar-refractivity contribution is -0.137. The summed E-state index contributed by atoms with van der Waals surface area (Å²) in [5, 5.41) is 4.38. The largest absolute Gasteiger partial charge is 0.456 e. The van der Waals surface area contributed by atoms with Crippen molar-refractivity contribution in [2.24, 2.45) is 0 Å². The summed E-state index contributed by atoms with van der Waals surface area (Å²) in [5.74, 6) is -0.416. The van der Waals surface area contributed by atoms with E-state index in [-0.39, 0.29) is 24.4 Å². The van der Waals surface area contributed by atoms with Crippen LogP contribution in [0.2, 0.25) is 5.02 Å². The lowest BCUT2D eigenvalue weighted by atomic mass is 10.1. The molecule has 1 aromatic heterocycles. The van der Waals surface area contributed by atoms with Crippen molar-refractivity contribution in [1.82, 2.24) is 0 Å². The summed E-state index contributed by atoms with van der Waals surface area (Å²) < 4.78 is 71.5. The van der Waals surface area contributed by atoms with Crippen molar-refractivity contribution in [1.29, 1.82) is 0 Å². The number of para-hydroxylation sites is 1. The second-order valence-corrected chi connectivity index (χ2v) is 10.3. The van der Waals surface area contributed by atoms with Crippen molar-refractivity contribution in [2.45, 2.75) is 19.0 Å². The molecule has 4 rings (SSSR count). The zero-order valence-electron chi connectivity index (χ0n) is 18.4. The topological polar surface area (TPSA) is 79.6 Å². The SMILES string of the molecule is CS(=O)(=O)N(CCCC(=O)Nc1ccc2c(c1)oc1ccccc12)c1ccc(Cl)cc1C(F)(F)F. The molecule has 0 aliphatic carbocycles. The Morgan fingerprint density at radius 3 is 2.46 bits per heavy atom. The zero-order chi connectivity index (χ0) is 25.4. The van der Waals surface area contributed by atoms with Gasteiger partial charge in [-0.05, 0) is 42.8 Å². The van der Waals surface area contributed by atoms with Crippen LogP contribution in [0.1, 0.15) is 18.4 Å². The van der Waals surface area contributed by atoms with Crippen molar-refractivity contribution in [2.75, 3.05) is 22.4 Å². The van der Waals surface area contributed by atoms with Crippen LogP contribution < -0.4 is 9.62 Å². The highest BCUT2D eigenvalue weighted by atomic mass is 35.5. The second kappa shape index (κ2) is 9.43. The highest BCUT2D eigenvalue weighted by molar-refractivity contribution is 7.92. The third-order valence-electron chi connectivity index (χ3n) is 5.36. The van der Waals surface area contributed by atoms with Crippen LogP contribution in [0.5, 0.6) is 0 Å². The Morgan fingerprint density at radius 1 is 1.03 bits per heavy atom. The maximum absolute atomic E-state index is 13.5. The second-order valence-electron chi connectivity index (χ2n) is 7.96. The molecule has 0 aliphatic rings. The van der Waals surface area contributed by atoms with Crippen LogP contribution in [-0.2, 0) is 21.0 Å². The van der Waals surface area contributed by atoms with Gasteiger partial charge in [0.1, 0.15) is 11.2 Å². The molecule has 0 aliphatic heterocycles. The van der Waals surface area contributed by atoms with Crippen molar-refractivity contribution < 1.29 is 30.8 Å². The molecule has 1 N–H and O–H groups in total. The number of halogens is 4. The van der Waals surface area contributed by atoms with Gasteiger partial charge < -0.3 is 9.73 Å². The molecule has 1 amide bonds. The predicted molar refractivity (Wildman–Crippen MR) is 130 cm³/mol. The minimum atomic E-state index is -4.81. The summed E-state index contributed by atoms with van der Waals surface area (Å²) in [4.78, 5) is 12.5. The van der Waals surface area contributed by atoms with Gasteiger partial charge in [-0.1, -0.05) is 29.8 Å². The van der Waals surface area contributed by atoms with Gasteiger partial charge in [0.25, 0.3) is 0 Å². The number of hydrogen-bond acceptors (Lipinski definition) is 4. The first-order valence-corrected chi connectivity index (χ1v) is 12.7. The van der Waals surface area contributed by atoms with E-state index in [9.17, 15) is 26.4 Å². The Morgan fingerprint density at radius 2 is 1.74 bits per heavy atom. The maximum Gasteiger partial charge on any atom is 0.418 e. The van der Waals surface area contributed by atoms with Gasteiger partial charge >= 0.3 is 6.18 Å². The molecule has 11 heteroatoms. The number of alkyl halides is 3. The number of hydrogen-bond donors (Lipinski definition) is 1. The number of fused-ring (bicyclic) bond motifs is 3. The van der Waals surface area contributed by atoms with Crippen LogP contribution in [0.25, 0.3) is 21.9 Å². The minimum Gasteiger partial charge on any atom is -0.456 e. The highest BCUT2D eigenvalue weighted by Crippen LogP contribution is 2.39. The Bertz CT molecular complexity index is 1520. The van der Waals surface area contributed by atoms with Gasteiger partial charge in [0, 0.05) is 40.5 Å². The molecule has 184 valence electrons. The molecular formula is C24H20ClF3N2O4S. The lowest BCUT2D eigenvalue weighted by Gasteiger charge is -2.25.